The number of nitrogens with zero attached hydrogens (tertiary/aromatic N) is 5. The standard InChI is InChI=1S/C16H23N3O4.C9H18N2O.C7H6FNO3/c1-22-16-12-14(2-3-15(16)19(20)21)17-6-4-13(5-7-17)18-8-10-23-11-9-18;1-3-10-4-2-9(1)11-5-7-12-8-6-11;1-12-7-4-5(8)2-3-6(7)9(10)11/h2-3,12-13H,4-11H2,1H3;9-10H,1-8H2;2-4H,1H3. The van der Waals surface area contributed by atoms with Crippen LogP contribution in [0.15, 0.2) is 36.4 Å². The van der Waals surface area contributed by atoms with Crippen molar-refractivity contribution < 1.29 is 33.2 Å². The molecule has 15 heteroatoms. The molecule has 1 N–H and O–H groups in total. The highest BCUT2D eigenvalue weighted by Crippen LogP contribution is 2.33. The number of nitrogens with one attached hydrogen (secondary N) is 1. The molecule has 0 atom stereocenters. The number of rotatable bonds is 7. The van der Waals surface area contributed by atoms with E-state index in [-0.39, 0.29) is 17.1 Å². The summed E-state index contributed by atoms with van der Waals surface area (Å²) in [6, 6.07) is 9.61. The van der Waals surface area contributed by atoms with Crippen molar-refractivity contribution in [3.63, 3.8) is 0 Å². The third kappa shape index (κ3) is 10.7. The Labute approximate surface area is 275 Å². The lowest BCUT2D eigenvalue weighted by Gasteiger charge is -2.40. The minimum atomic E-state index is -0.627. The van der Waals surface area contributed by atoms with Crippen molar-refractivity contribution in [2.24, 2.45) is 0 Å². The van der Waals surface area contributed by atoms with Gasteiger partial charge in [0.2, 0.25) is 0 Å². The molecule has 0 unspecified atom stereocenters. The molecule has 0 spiro atoms. The van der Waals surface area contributed by atoms with E-state index in [1.807, 2.05) is 6.07 Å². The molecule has 0 aliphatic carbocycles. The predicted octanol–water partition coefficient (Wildman–Crippen LogP) is 3.72. The number of methoxy groups -OCH3 is 2. The van der Waals surface area contributed by atoms with Gasteiger partial charge in [-0.2, -0.15) is 0 Å². The summed E-state index contributed by atoms with van der Waals surface area (Å²) >= 11 is 0. The summed E-state index contributed by atoms with van der Waals surface area (Å²) in [4.78, 5) is 27.6. The predicted molar refractivity (Wildman–Crippen MR) is 175 cm³/mol. The number of hydrogen-bond acceptors (Lipinski definition) is 12. The fraction of sp³-hybridized carbons (Fsp3) is 0.625. The average Bonchev–Trinajstić information content (AvgIpc) is 3.13. The minimum Gasteiger partial charge on any atom is -0.490 e. The smallest absolute Gasteiger partial charge is 0.311 e. The van der Waals surface area contributed by atoms with Crippen molar-refractivity contribution in [1.29, 1.82) is 0 Å². The second-order valence-corrected chi connectivity index (χ2v) is 11.7. The quantitative estimate of drug-likeness (QED) is 0.341. The second kappa shape index (κ2) is 18.6. The van der Waals surface area contributed by atoms with Gasteiger partial charge < -0.3 is 29.2 Å². The minimum absolute atomic E-state index is 0.0134. The summed E-state index contributed by atoms with van der Waals surface area (Å²) < 4.78 is 33.0. The lowest BCUT2D eigenvalue weighted by molar-refractivity contribution is -0.385. The number of piperidine rings is 2. The van der Waals surface area contributed by atoms with Crippen molar-refractivity contribution in [1.82, 2.24) is 15.1 Å². The summed E-state index contributed by atoms with van der Waals surface area (Å²) in [5.74, 6) is -0.305. The summed E-state index contributed by atoms with van der Waals surface area (Å²) in [6.07, 6.45) is 4.86. The Balaban J connectivity index is 0.000000176. The normalized spacial score (nSPS) is 19.9. The highest BCUT2D eigenvalue weighted by atomic mass is 19.1. The molecular formula is C32H47FN6O8. The van der Waals surface area contributed by atoms with E-state index in [1.54, 1.807) is 6.07 Å². The topological polar surface area (TPSA) is 145 Å². The maximum atomic E-state index is 12.5. The van der Waals surface area contributed by atoms with E-state index < -0.39 is 15.7 Å². The molecular weight excluding hydrogens is 615 g/mol. The van der Waals surface area contributed by atoms with E-state index >= 15 is 0 Å². The highest BCUT2D eigenvalue weighted by molar-refractivity contribution is 5.59. The zero-order valence-electron chi connectivity index (χ0n) is 27.3. The molecule has 4 aliphatic rings. The molecule has 0 aromatic heterocycles. The van der Waals surface area contributed by atoms with E-state index in [2.05, 4.69) is 24.8 Å². The molecule has 4 saturated heterocycles. The van der Waals surface area contributed by atoms with Gasteiger partial charge in [0.1, 0.15) is 5.82 Å². The molecule has 0 amide bonds. The molecule has 6 rings (SSSR count). The van der Waals surface area contributed by atoms with Crippen LogP contribution in [-0.2, 0) is 9.47 Å². The molecule has 2 aromatic carbocycles. The number of anilines is 1. The van der Waals surface area contributed by atoms with Crippen molar-refractivity contribution in [3.8, 4) is 11.5 Å². The van der Waals surface area contributed by atoms with Crippen molar-refractivity contribution >= 4 is 17.1 Å². The van der Waals surface area contributed by atoms with Crippen LogP contribution in [0.1, 0.15) is 25.7 Å². The van der Waals surface area contributed by atoms with Crippen molar-refractivity contribution in [3.05, 3.63) is 62.4 Å². The van der Waals surface area contributed by atoms with Crippen LogP contribution in [-0.4, -0.2) is 125 Å². The van der Waals surface area contributed by atoms with E-state index in [0.29, 0.717) is 11.8 Å². The molecule has 260 valence electrons. The maximum absolute atomic E-state index is 12.5. The average molecular weight is 663 g/mol. The Morgan fingerprint density at radius 2 is 1.19 bits per heavy atom. The summed E-state index contributed by atoms with van der Waals surface area (Å²) in [6.45, 7) is 12.2. The maximum Gasteiger partial charge on any atom is 0.311 e. The molecule has 2 aromatic rings. The molecule has 47 heavy (non-hydrogen) atoms. The van der Waals surface area contributed by atoms with Crippen LogP contribution in [0, 0.1) is 26.0 Å². The fourth-order valence-electron chi connectivity index (χ4n) is 6.36. The second-order valence-electron chi connectivity index (χ2n) is 11.7. The SMILES string of the molecule is C1CC(N2CCOCC2)CCN1.COc1cc(F)ccc1[N+](=O)[O-].COc1cc(N2CCC(N3CCOCC3)CC2)ccc1[N+](=O)[O-]. The number of ether oxygens (including phenoxy) is 4. The van der Waals surface area contributed by atoms with Gasteiger partial charge in [-0.05, 0) is 50.9 Å². The van der Waals surface area contributed by atoms with Gasteiger partial charge in [-0.1, -0.05) is 0 Å². The lowest BCUT2D eigenvalue weighted by Crippen LogP contribution is -2.49. The van der Waals surface area contributed by atoms with Gasteiger partial charge in [0.25, 0.3) is 0 Å². The van der Waals surface area contributed by atoms with E-state index in [1.165, 1.54) is 46.2 Å². The van der Waals surface area contributed by atoms with E-state index in [0.717, 1.165) is 108 Å². The molecule has 0 radical (unpaired) electrons. The van der Waals surface area contributed by atoms with Crippen LogP contribution in [0.25, 0.3) is 0 Å². The molecule has 4 heterocycles. The summed E-state index contributed by atoms with van der Waals surface area (Å²) in [5.41, 5.74) is 0.770. The number of halogens is 1. The Hall–Kier alpha value is -3.63. The Kier molecular flexibility index (Phi) is 14.4. The van der Waals surface area contributed by atoms with Gasteiger partial charge in [0.15, 0.2) is 11.5 Å². The molecule has 4 aliphatic heterocycles. The zero-order chi connectivity index (χ0) is 33.6. The van der Waals surface area contributed by atoms with Gasteiger partial charge >= 0.3 is 11.4 Å². The van der Waals surface area contributed by atoms with Crippen LogP contribution in [0.5, 0.6) is 11.5 Å². The van der Waals surface area contributed by atoms with Gasteiger partial charge in [0, 0.05) is 81.3 Å². The number of nitro groups is 2. The molecule has 4 fully saturated rings. The first-order valence-electron chi connectivity index (χ1n) is 16.2. The molecule has 0 saturated carbocycles. The largest absolute Gasteiger partial charge is 0.490 e. The number of hydrogen-bond donors (Lipinski definition) is 1. The van der Waals surface area contributed by atoms with Gasteiger partial charge in [-0.25, -0.2) is 4.39 Å². The van der Waals surface area contributed by atoms with Crippen LogP contribution >= 0.6 is 0 Å². The van der Waals surface area contributed by atoms with Crippen LogP contribution in [0.4, 0.5) is 21.5 Å². The first-order chi connectivity index (χ1) is 22.8. The lowest BCUT2D eigenvalue weighted by atomic mass is 10.0. The fourth-order valence-corrected chi connectivity index (χ4v) is 6.36. The third-order valence-corrected chi connectivity index (χ3v) is 8.96. The molecule has 14 nitrogen and oxygen atoms in total. The van der Waals surface area contributed by atoms with Crippen LogP contribution < -0.4 is 19.7 Å². The van der Waals surface area contributed by atoms with E-state index in [4.69, 9.17) is 14.2 Å². The Morgan fingerprint density at radius 3 is 1.68 bits per heavy atom. The third-order valence-electron chi connectivity index (χ3n) is 8.96. The van der Waals surface area contributed by atoms with Crippen LogP contribution in [0.2, 0.25) is 0 Å². The highest BCUT2D eigenvalue weighted by Gasteiger charge is 2.27. The number of benzene rings is 2. The van der Waals surface area contributed by atoms with Crippen LogP contribution in [0.3, 0.4) is 0 Å². The number of morpholine rings is 2. The van der Waals surface area contributed by atoms with Crippen molar-refractivity contribution in [2.45, 2.75) is 37.8 Å². The molecule has 0 bridgehead atoms. The Morgan fingerprint density at radius 1 is 0.723 bits per heavy atom. The summed E-state index contributed by atoms with van der Waals surface area (Å²) in [7, 11) is 2.72. The van der Waals surface area contributed by atoms with E-state index in [9.17, 15) is 24.6 Å². The summed E-state index contributed by atoms with van der Waals surface area (Å²) in [5, 5.41) is 24.7. The van der Waals surface area contributed by atoms with Gasteiger partial charge in [-0.3, -0.25) is 30.0 Å². The first-order valence-corrected chi connectivity index (χ1v) is 16.2. The number of nitro benzene ring substituents is 2. The van der Waals surface area contributed by atoms with Gasteiger partial charge in [0.05, 0.1) is 50.5 Å². The van der Waals surface area contributed by atoms with Crippen molar-refractivity contribution in [2.75, 3.05) is 97.9 Å². The van der Waals surface area contributed by atoms with Gasteiger partial charge in [-0.15, -0.1) is 0 Å². The monoisotopic (exact) mass is 662 g/mol. The zero-order valence-corrected chi connectivity index (χ0v) is 27.3. The Bertz CT molecular complexity index is 1260. The first kappa shape index (κ1) is 36.2.